The van der Waals surface area contributed by atoms with Crippen molar-refractivity contribution in [3.05, 3.63) is 24.8 Å². The predicted molar refractivity (Wildman–Crippen MR) is 86.9 cm³/mol. The van der Waals surface area contributed by atoms with E-state index in [2.05, 4.69) is 32.6 Å². The zero-order valence-electron chi connectivity index (χ0n) is 13.8. The number of unbranched alkanes of at least 4 members (excludes halogenated alkanes) is 3. The van der Waals surface area contributed by atoms with Crippen molar-refractivity contribution in [1.82, 2.24) is 0 Å². The highest BCUT2D eigenvalue weighted by Gasteiger charge is 2.55. The molecule has 2 fully saturated rings. The number of carbonyl (C=O) groups excluding carboxylic acids is 2. The van der Waals surface area contributed by atoms with Crippen molar-refractivity contribution in [2.24, 2.45) is 29.6 Å². The summed E-state index contributed by atoms with van der Waals surface area (Å²) in [4.78, 5) is 23.6. The van der Waals surface area contributed by atoms with Gasteiger partial charge in [0.25, 0.3) is 0 Å². The minimum Gasteiger partial charge on any atom is -0.393 e. The smallest absolute Gasteiger partial charge is 0.318 e. The molecule has 1 saturated carbocycles. The van der Waals surface area contributed by atoms with Crippen molar-refractivity contribution < 1.29 is 14.3 Å². The van der Waals surface area contributed by atoms with Gasteiger partial charge in [-0.1, -0.05) is 51.3 Å². The van der Waals surface area contributed by atoms with Crippen LogP contribution in [0, 0.1) is 29.6 Å². The van der Waals surface area contributed by atoms with E-state index in [1.54, 1.807) is 6.08 Å². The molecule has 122 valence electrons. The molecule has 2 aliphatic rings. The highest BCUT2D eigenvalue weighted by Crippen LogP contribution is 2.47. The monoisotopic (exact) mass is 304 g/mol. The molecule has 1 saturated heterocycles. The maximum Gasteiger partial charge on any atom is 0.318 e. The van der Waals surface area contributed by atoms with E-state index in [4.69, 9.17) is 4.74 Å². The fraction of sp³-hybridized carbons (Fsp3) is 0.684. The van der Waals surface area contributed by atoms with Crippen LogP contribution in [0.5, 0.6) is 0 Å². The molecule has 22 heavy (non-hydrogen) atoms. The van der Waals surface area contributed by atoms with Crippen LogP contribution in [0.4, 0.5) is 0 Å². The Morgan fingerprint density at radius 2 is 1.82 bits per heavy atom. The van der Waals surface area contributed by atoms with Gasteiger partial charge in [-0.2, -0.15) is 0 Å². The molecule has 0 aromatic heterocycles. The summed E-state index contributed by atoms with van der Waals surface area (Å²) in [6, 6.07) is 0. The number of cyclic esters (lactones) is 2. The SMILES string of the molecule is C=CC1CC(/C=C\CCCCCC(C)C)C2C(=O)OC(=O)C12. The van der Waals surface area contributed by atoms with Gasteiger partial charge in [-0.05, 0) is 37.0 Å². The first-order valence-electron chi connectivity index (χ1n) is 8.59. The first-order chi connectivity index (χ1) is 10.5. The van der Waals surface area contributed by atoms with E-state index in [0.29, 0.717) is 0 Å². The van der Waals surface area contributed by atoms with E-state index < -0.39 is 0 Å². The van der Waals surface area contributed by atoms with E-state index in [1.807, 2.05) is 0 Å². The molecule has 1 heterocycles. The Kier molecular flexibility index (Phi) is 5.98. The minimum atomic E-state index is -0.357. The zero-order valence-corrected chi connectivity index (χ0v) is 13.8. The van der Waals surface area contributed by atoms with Gasteiger partial charge in [0.2, 0.25) is 0 Å². The van der Waals surface area contributed by atoms with E-state index >= 15 is 0 Å². The third kappa shape index (κ3) is 3.88. The second-order valence-corrected chi connectivity index (χ2v) is 7.05. The number of allylic oxidation sites excluding steroid dienone is 3. The van der Waals surface area contributed by atoms with Crippen molar-refractivity contribution >= 4 is 11.9 Å². The van der Waals surface area contributed by atoms with Crippen LogP contribution in [0.1, 0.15) is 52.4 Å². The summed E-state index contributed by atoms with van der Waals surface area (Å²) in [5.74, 6) is -0.297. The number of hydrogen-bond donors (Lipinski definition) is 0. The molecule has 0 radical (unpaired) electrons. The fourth-order valence-corrected chi connectivity index (χ4v) is 3.72. The highest BCUT2D eigenvalue weighted by molar-refractivity contribution is 5.97. The summed E-state index contributed by atoms with van der Waals surface area (Å²) >= 11 is 0. The lowest BCUT2D eigenvalue weighted by Crippen LogP contribution is -2.19. The summed E-state index contributed by atoms with van der Waals surface area (Å²) in [6.45, 7) is 8.31. The lowest BCUT2D eigenvalue weighted by molar-refractivity contribution is -0.154. The summed E-state index contributed by atoms with van der Waals surface area (Å²) in [7, 11) is 0. The average molecular weight is 304 g/mol. The molecule has 1 aliphatic heterocycles. The molecule has 0 N–H and O–H groups in total. The van der Waals surface area contributed by atoms with Gasteiger partial charge in [0.15, 0.2) is 0 Å². The molecule has 0 spiro atoms. The normalized spacial score (nSPS) is 31.0. The number of fused-ring (bicyclic) bond motifs is 1. The third-order valence-electron chi connectivity index (χ3n) is 4.94. The van der Waals surface area contributed by atoms with Crippen molar-refractivity contribution in [3.63, 3.8) is 0 Å². The Morgan fingerprint density at radius 1 is 1.14 bits per heavy atom. The van der Waals surface area contributed by atoms with Crippen LogP contribution in [0.3, 0.4) is 0 Å². The first kappa shape index (κ1) is 17.0. The van der Waals surface area contributed by atoms with E-state index in [-0.39, 0.29) is 35.6 Å². The second-order valence-electron chi connectivity index (χ2n) is 7.05. The Morgan fingerprint density at radius 3 is 2.45 bits per heavy atom. The molecule has 2 rings (SSSR count). The molecule has 0 aromatic carbocycles. The van der Waals surface area contributed by atoms with Gasteiger partial charge in [-0.25, -0.2) is 0 Å². The molecule has 4 unspecified atom stereocenters. The van der Waals surface area contributed by atoms with Crippen LogP contribution in [0.2, 0.25) is 0 Å². The third-order valence-corrected chi connectivity index (χ3v) is 4.94. The molecule has 1 aliphatic carbocycles. The number of hydrogen-bond acceptors (Lipinski definition) is 3. The van der Waals surface area contributed by atoms with E-state index in [0.717, 1.165) is 18.8 Å². The summed E-state index contributed by atoms with van der Waals surface area (Å²) in [5.41, 5.74) is 0. The Balaban J connectivity index is 1.80. The van der Waals surface area contributed by atoms with Gasteiger partial charge in [0.1, 0.15) is 0 Å². The maximum atomic E-state index is 11.9. The lowest BCUT2D eigenvalue weighted by atomic mass is 9.89. The lowest BCUT2D eigenvalue weighted by Gasteiger charge is -2.09. The molecule has 3 nitrogen and oxygen atoms in total. The Labute approximate surface area is 133 Å². The molecule has 0 amide bonds. The van der Waals surface area contributed by atoms with Crippen molar-refractivity contribution in [3.8, 4) is 0 Å². The molecule has 0 bridgehead atoms. The maximum absolute atomic E-state index is 11.9. The van der Waals surface area contributed by atoms with Gasteiger partial charge >= 0.3 is 11.9 Å². The average Bonchev–Trinajstić information content (AvgIpc) is 2.97. The Bertz CT molecular complexity index is 450. The van der Waals surface area contributed by atoms with Gasteiger partial charge in [0.05, 0.1) is 11.8 Å². The van der Waals surface area contributed by atoms with Crippen molar-refractivity contribution in [1.29, 1.82) is 0 Å². The van der Waals surface area contributed by atoms with E-state index in [9.17, 15) is 9.59 Å². The standard InChI is InChI=1S/C19H28O3/c1-4-14-12-15(17-16(14)18(20)22-19(17)21)11-9-7-5-6-8-10-13(2)3/h4,9,11,13-17H,1,5-8,10,12H2,2-3H3/b11-9-. The van der Waals surface area contributed by atoms with Gasteiger partial charge < -0.3 is 4.74 Å². The first-order valence-corrected chi connectivity index (χ1v) is 8.59. The summed E-state index contributed by atoms with van der Waals surface area (Å²) in [5, 5.41) is 0. The number of ether oxygens (including phenoxy) is 1. The van der Waals surface area contributed by atoms with Gasteiger partial charge in [0, 0.05) is 0 Å². The number of carbonyl (C=O) groups is 2. The topological polar surface area (TPSA) is 43.4 Å². The van der Waals surface area contributed by atoms with Gasteiger partial charge in [-0.3, -0.25) is 9.59 Å². The predicted octanol–water partition coefficient (Wildman–Crippen LogP) is 4.29. The number of esters is 2. The summed E-state index contributed by atoms with van der Waals surface area (Å²) in [6.07, 6.45) is 13.0. The molecular formula is C19H28O3. The molecule has 3 heteroatoms. The van der Waals surface area contributed by atoms with Crippen LogP contribution in [0.15, 0.2) is 24.8 Å². The van der Waals surface area contributed by atoms with Crippen LogP contribution < -0.4 is 0 Å². The summed E-state index contributed by atoms with van der Waals surface area (Å²) < 4.78 is 4.81. The quantitative estimate of drug-likeness (QED) is 0.291. The molecule has 4 atom stereocenters. The van der Waals surface area contributed by atoms with Gasteiger partial charge in [-0.15, -0.1) is 6.58 Å². The van der Waals surface area contributed by atoms with Crippen molar-refractivity contribution in [2.75, 3.05) is 0 Å². The van der Waals surface area contributed by atoms with Crippen molar-refractivity contribution in [2.45, 2.75) is 52.4 Å². The van der Waals surface area contributed by atoms with Crippen LogP contribution in [0.25, 0.3) is 0 Å². The fourth-order valence-electron chi connectivity index (χ4n) is 3.72. The van der Waals surface area contributed by atoms with Crippen LogP contribution in [-0.4, -0.2) is 11.9 Å². The molecular weight excluding hydrogens is 276 g/mol. The zero-order chi connectivity index (χ0) is 16.1. The minimum absolute atomic E-state index is 0.0737. The highest BCUT2D eigenvalue weighted by atomic mass is 16.6. The molecule has 0 aromatic rings. The Hall–Kier alpha value is -1.38. The second kappa shape index (κ2) is 7.75. The van der Waals surface area contributed by atoms with Crippen LogP contribution in [-0.2, 0) is 14.3 Å². The van der Waals surface area contributed by atoms with Crippen LogP contribution >= 0.6 is 0 Å². The number of rotatable bonds is 8. The van der Waals surface area contributed by atoms with E-state index in [1.165, 1.54) is 25.7 Å². The largest absolute Gasteiger partial charge is 0.393 e.